The van der Waals surface area contributed by atoms with Gasteiger partial charge in [0.1, 0.15) is 20.1 Å². The molecule has 0 saturated carbocycles. The average Bonchev–Trinajstić information content (AvgIpc) is 2.27. The van der Waals surface area contributed by atoms with Crippen molar-refractivity contribution in [3.05, 3.63) is 21.2 Å². The maximum Gasteiger partial charge on any atom is 0.267 e. The molecule has 94 valence electrons. The summed E-state index contributed by atoms with van der Waals surface area (Å²) in [6, 6.07) is 0.0455. The molecule has 2 heterocycles. The molecule has 0 atom stereocenters. The van der Waals surface area contributed by atoms with E-state index >= 15 is 0 Å². The Labute approximate surface area is 107 Å². The number of halogens is 1. The minimum atomic E-state index is -2.87. The first-order valence-electron chi connectivity index (χ1n) is 5.18. The first-order valence-corrected chi connectivity index (χ1v) is 7.79. The topological polar surface area (TPSA) is 91.9 Å². The van der Waals surface area contributed by atoms with Crippen molar-refractivity contribution in [3.8, 4) is 0 Å². The van der Waals surface area contributed by atoms with Gasteiger partial charge in [0.15, 0.2) is 0 Å². The predicted molar refractivity (Wildman–Crippen MR) is 67.9 cm³/mol. The monoisotopic (exact) mass is 321 g/mol. The molecule has 0 radical (unpaired) electrons. The minimum absolute atomic E-state index is 0.0455. The molecule has 6 nitrogen and oxygen atoms in total. The van der Waals surface area contributed by atoms with Gasteiger partial charge in [0.2, 0.25) is 0 Å². The van der Waals surface area contributed by atoms with E-state index < -0.39 is 9.84 Å². The van der Waals surface area contributed by atoms with Crippen LogP contribution in [0.4, 0.5) is 5.82 Å². The maximum absolute atomic E-state index is 11.3. The van der Waals surface area contributed by atoms with Crippen LogP contribution in [0.25, 0.3) is 0 Å². The molecule has 8 heteroatoms. The molecule has 2 N–H and O–H groups in total. The number of nitrogens with one attached hydrogen (secondary N) is 2. The van der Waals surface area contributed by atoms with Crippen LogP contribution in [0.1, 0.15) is 12.8 Å². The third-order valence-electron chi connectivity index (χ3n) is 2.69. The second-order valence-corrected chi connectivity index (χ2v) is 7.06. The molecule has 1 aliphatic rings. The Morgan fingerprint density at radius 2 is 2.06 bits per heavy atom. The van der Waals surface area contributed by atoms with Crippen LogP contribution in [0.2, 0.25) is 0 Å². The fourth-order valence-electron chi connectivity index (χ4n) is 1.71. The fraction of sp³-hybridized carbons (Fsp3) is 0.556. The lowest BCUT2D eigenvalue weighted by Gasteiger charge is -2.23. The number of H-pyrrole nitrogens is 1. The second-order valence-electron chi connectivity index (χ2n) is 3.96. The lowest BCUT2D eigenvalue weighted by atomic mass is 10.1. The molecule has 0 spiro atoms. The lowest BCUT2D eigenvalue weighted by Crippen LogP contribution is -2.33. The first-order chi connectivity index (χ1) is 7.98. The zero-order valence-corrected chi connectivity index (χ0v) is 11.3. The number of hydrogen-bond donors (Lipinski definition) is 2. The van der Waals surface area contributed by atoms with E-state index in [0.717, 1.165) is 0 Å². The van der Waals surface area contributed by atoms with Crippen molar-refractivity contribution in [2.24, 2.45) is 0 Å². The maximum atomic E-state index is 11.3. The van der Waals surface area contributed by atoms with E-state index in [4.69, 9.17) is 0 Å². The van der Waals surface area contributed by atoms with Gasteiger partial charge in [-0.2, -0.15) is 0 Å². The molecule has 0 aliphatic carbocycles. The highest BCUT2D eigenvalue weighted by molar-refractivity contribution is 9.10. The van der Waals surface area contributed by atoms with Crippen LogP contribution < -0.4 is 10.9 Å². The number of anilines is 1. The molecule has 1 aromatic rings. The summed E-state index contributed by atoms with van der Waals surface area (Å²) in [6.07, 6.45) is 2.40. The summed E-state index contributed by atoms with van der Waals surface area (Å²) in [7, 11) is -2.87. The lowest BCUT2D eigenvalue weighted by molar-refractivity contribution is 0.559. The van der Waals surface area contributed by atoms with E-state index in [1.54, 1.807) is 0 Å². The molecule has 1 aromatic heterocycles. The highest BCUT2D eigenvalue weighted by Crippen LogP contribution is 2.19. The van der Waals surface area contributed by atoms with Crippen LogP contribution in [0, 0.1) is 0 Å². The summed E-state index contributed by atoms with van der Waals surface area (Å²) in [4.78, 5) is 17.8. The van der Waals surface area contributed by atoms with Crippen LogP contribution in [0.3, 0.4) is 0 Å². The number of aromatic nitrogens is 2. The molecule has 0 unspecified atom stereocenters. The van der Waals surface area contributed by atoms with Crippen LogP contribution in [-0.2, 0) is 9.84 Å². The van der Waals surface area contributed by atoms with Gasteiger partial charge >= 0.3 is 0 Å². The van der Waals surface area contributed by atoms with Crippen molar-refractivity contribution in [1.29, 1.82) is 0 Å². The number of aromatic amines is 1. The molecule has 1 aliphatic heterocycles. The molecule has 0 aromatic carbocycles. The highest BCUT2D eigenvalue weighted by atomic mass is 79.9. The Hall–Kier alpha value is -0.890. The SMILES string of the molecule is O=c1[nH]cnc(NC2CCS(=O)(=O)CC2)c1Br. The van der Waals surface area contributed by atoms with Crippen LogP contribution in [0.5, 0.6) is 0 Å². The number of rotatable bonds is 2. The molecular formula is C9H12BrN3O3S. The van der Waals surface area contributed by atoms with E-state index in [-0.39, 0.29) is 23.1 Å². The molecule has 0 bridgehead atoms. The quantitative estimate of drug-likeness (QED) is 0.828. The van der Waals surface area contributed by atoms with E-state index in [1.165, 1.54) is 6.33 Å². The van der Waals surface area contributed by atoms with Crippen molar-refractivity contribution in [2.45, 2.75) is 18.9 Å². The first kappa shape index (κ1) is 12.6. The zero-order valence-electron chi connectivity index (χ0n) is 8.94. The summed E-state index contributed by atoms with van der Waals surface area (Å²) < 4.78 is 22.9. The van der Waals surface area contributed by atoms with Gasteiger partial charge in [0.25, 0.3) is 5.56 Å². The number of hydrogen-bond acceptors (Lipinski definition) is 5. The van der Waals surface area contributed by atoms with Gasteiger partial charge in [-0.1, -0.05) is 0 Å². The van der Waals surface area contributed by atoms with Crippen molar-refractivity contribution in [3.63, 3.8) is 0 Å². The summed E-state index contributed by atoms with van der Waals surface area (Å²) in [6.45, 7) is 0. The highest BCUT2D eigenvalue weighted by Gasteiger charge is 2.24. The van der Waals surface area contributed by atoms with Gasteiger partial charge in [-0.15, -0.1) is 0 Å². The van der Waals surface area contributed by atoms with Crippen LogP contribution >= 0.6 is 15.9 Å². The van der Waals surface area contributed by atoms with Gasteiger partial charge in [0.05, 0.1) is 17.8 Å². The second kappa shape index (κ2) is 4.77. The molecule has 0 amide bonds. The van der Waals surface area contributed by atoms with Gasteiger partial charge in [-0.05, 0) is 28.8 Å². The predicted octanol–water partition coefficient (Wildman–Crippen LogP) is 0.522. The Morgan fingerprint density at radius 3 is 2.71 bits per heavy atom. The standard InChI is InChI=1S/C9H12BrN3O3S/c10-7-8(11-5-12-9(7)14)13-6-1-3-17(15,16)4-2-6/h5-6H,1-4H2,(H2,11,12,13,14). The van der Waals surface area contributed by atoms with E-state index in [9.17, 15) is 13.2 Å². The van der Waals surface area contributed by atoms with Gasteiger partial charge in [0, 0.05) is 6.04 Å². The largest absolute Gasteiger partial charge is 0.366 e. The normalized spacial score (nSPS) is 20.1. The molecule has 2 rings (SSSR count). The Kier molecular flexibility index (Phi) is 3.53. The van der Waals surface area contributed by atoms with Crippen molar-refractivity contribution in [2.75, 3.05) is 16.8 Å². The molecule has 1 fully saturated rings. The van der Waals surface area contributed by atoms with Gasteiger partial charge in [-0.3, -0.25) is 4.79 Å². The summed E-state index contributed by atoms with van der Waals surface area (Å²) in [5.41, 5.74) is -0.258. The third-order valence-corrected chi connectivity index (χ3v) is 5.14. The van der Waals surface area contributed by atoms with E-state index in [2.05, 4.69) is 31.2 Å². The molecular weight excluding hydrogens is 310 g/mol. The van der Waals surface area contributed by atoms with Crippen molar-refractivity contribution in [1.82, 2.24) is 9.97 Å². The Morgan fingerprint density at radius 1 is 1.41 bits per heavy atom. The van der Waals surface area contributed by atoms with Gasteiger partial charge < -0.3 is 10.3 Å². The number of sulfone groups is 1. The van der Waals surface area contributed by atoms with Crippen LogP contribution in [-0.4, -0.2) is 35.9 Å². The number of nitrogens with zero attached hydrogens (tertiary/aromatic N) is 1. The Bertz CT molecular complexity index is 555. The smallest absolute Gasteiger partial charge is 0.267 e. The third kappa shape index (κ3) is 3.06. The summed E-state index contributed by atoms with van der Waals surface area (Å²) >= 11 is 3.14. The average molecular weight is 322 g/mol. The van der Waals surface area contributed by atoms with Gasteiger partial charge in [-0.25, -0.2) is 13.4 Å². The minimum Gasteiger partial charge on any atom is -0.366 e. The Balaban J connectivity index is 2.08. The fourth-order valence-corrected chi connectivity index (χ4v) is 3.53. The zero-order chi connectivity index (χ0) is 12.5. The van der Waals surface area contributed by atoms with Crippen molar-refractivity contribution >= 4 is 31.6 Å². The summed E-state index contributed by atoms with van der Waals surface area (Å²) in [5.74, 6) is 0.829. The molecule has 1 saturated heterocycles. The van der Waals surface area contributed by atoms with E-state index in [1.807, 2.05) is 0 Å². The molecule has 17 heavy (non-hydrogen) atoms. The van der Waals surface area contributed by atoms with E-state index in [0.29, 0.717) is 23.1 Å². The van der Waals surface area contributed by atoms with Crippen LogP contribution in [0.15, 0.2) is 15.6 Å². The van der Waals surface area contributed by atoms with Crippen molar-refractivity contribution < 1.29 is 8.42 Å². The summed E-state index contributed by atoms with van der Waals surface area (Å²) in [5, 5.41) is 3.09.